The summed E-state index contributed by atoms with van der Waals surface area (Å²) in [5.74, 6) is -0.105. The molecule has 1 saturated heterocycles. The molecule has 1 aromatic heterocycles. The number of aryl methyl sites for hydroxylation is 3. The van der Waals surface area contributed by atoms with Crippen molar-refractivity contribution in [1.29, 1.82) is 0 Å². The summed E-state index contributed by atoms with van der Waals surface area (Å²) in [5, 5.41) is 3.51. The largest absolute Gasteiger partial charge is 0.318 e. The topological polar surface area (TPSA) is 46.4 Å². The van der Waals surface area contributed by atoms with Gasteiger partial charge in [0.15, 0.2) is 5.17 Å². The first-order chi connectivity index (χ1) is 14.5. The lowest BCUT2D eigenvalue weighted by atomic mass is 10.1. The highest BCUT2D eigenvalue weighted by Gasteiger charge is 2.25. The van der Waals surface area contributed by atoms with E-state index in [0.717, 1.165) is 34.6 Å². The number of nitrogens with one attached hydrogen (secondary N) is 1. The molecule has 0 saturated carbocycles. The quantitative estimate of drug-likeness (QED) is 0.543. The third-order valence-corrected chi connectivity index (χ3v) is 6.27. The van der Waals surface area contributed by atoms with Gasteiger partial charge in [0.2, 0.25) is 0 Å². The van der Waals surface area contributed by atoms with Crippen LogP contribution in [0.2, 0.25) is 0 Å². The van der Waals surface area contributed by atoms with E-state index in [1.807, 2.05) is 37.3 Å². The molecule has 4 nitrogen and oxygen atoms in total. The molecule has 30 heavy (non-hydrogen) atoms. The third kappa shape index (κ3) is 3.85. The van der Waals surface area contributed by atoms with Crippen molar-refractivity contribution >= 4 is 34.6 Å². The molecule has 0 atom stereocenters. The molecule has 1 amide bonds. The van der Waals surface area contributed by atoms with Gasteiger partial charge in [-0.15, -0.1) is 0 Å². The average Bonchev–Trinajstić information content (AvgIpc) is 3.22. The number of para-hydroxylation sites is 2. The molecule has 0 bridgehead atoms. The second kappa shape index (κ2) is 8.36. The van der Waals surface area contributed by atoms with E-state index in [2.05, 4.69) is 66.0 Å². The summed E-state index contributed by atoms with van der Waals surface area (Å²) in [6.07, 6.45) is 2.94. The summed E-state index contributed by atoms with van der Waals surface area (Å²) >= 11 is 1.39. The Morgan fingerprint density at radius 1 is 1.07 bits per heavy atom. The lowest BCUT2D eigenvalue weighted by Crippen LogP contribution is -2.19. The summed E-state index contributed by atoms with van der Waals surface area (Å²) in [5.41, 5.74) is 7.78. The molecule has 1 aliphatic rings. The summed E-state index contributed by atoms with van der Waals surface area (Å²) in [7, 11) is 0. The third-order valence-electron chi connectivity index (χ3n) is 5.36. The van der Waals surface area contributed by atoms with E-state index in [1.54, 1.807) is 0 Å². The van der Waals surface area contributed by atoms with Gasteiger partial charge in [0.25, 0.3) is 5.91 Å². The van der Waals surface area contributed by atoms with Crippen LogP contribution in [0.5, 0.6) is 0 Å². The second-order valence-corrected chi connectivity index (χ2v) is 8.44. The number of aliphatic imine (C=N–C) groups is 1. The van der Waals surface area contributed by atoms with E-state index in [1.165, 1.54) is 23.0 Å². The molecular formula is C25H25N3OS. The number of rotatable bonds is 4. The molecule has 0 spiro atoms. The smallest absolute Gasteiger partial charge is 0.264 e. The van der Waals surface area contributed by atoms with Gasteiger partial charge in [0.1, 0.15) is 0 Å². The van der Waals surface area contributed by atoms with E-state index in [-0.39, 0.29) is 5.91 Å². The van der Waals surface area contributed by atoms with Gasteiger partial charge in [0.05, 0.1) is 10.6 Å². The number of carbonyl (C=O) groups is 1. The molecule has 152 valence electrons. The van der Waals surface area contributed by atoms with Gasteiger partial charge in [-0.1, -0.05) is 43.3 Å². The molecule has 1 aliphatic heterocycles. The van der Waals surface area contributed by atoms with Gasteiger partial charge < -0.3 is 9.88 Å². The number of amidine groups is 1. The molecule has 0 aliphatic carbocycles. The maximum atomic E-state index is 12.5. The highest BCUT2D eigenvalue weighted by atomic mass is 32.2. The summed E-state index contributed by atoms with van der Waals surface area (Å²) in [4.78, 5) is 17.8. The minimum atomic E-state index is -0.105. The van der Waals surface area contributed by atoms with E-state index in [4.69, 9.17) is 0 Å². The first-order valence-electron chi connectivity index (χ1n) is 10.1. The first kappa shape index (κ1) is 20.2. The van der Waals surface area contributed by atoms with Gasteiger partial charge in [-0.25, -0.2) is 4.99 Å². The van der Waals surface area contributed by atoms with Gasteiger partial charge in [0, 0.05) is 17.1 Å². The molecule has 2 aromatic carbocycles. The van der Waals surface area contributed by atoms with Crippen molar-refractivity contribution in [2.75, 3.05) is 0 Å². The fraction of sp³-hybridized carbons (Fsp3) is 0.200. The maximum absolute atomic E-state index is 12.5. The average molecular weight is 416 g/mol. The van der Waals surface area contributed by atoms with Crippen LogP contribution in [-0.4, -0.2) is 15.6 Å². The van der Waals surface area contributed by atoms with Gasteiger partial charge in [-0.05, 0) is 79.9 Å². The number of hydrogen-bond acceptors (Lipinski definition) is 3. The summed E-state index contributed by atoms with van der Waals surface area (Å²) < 4.78 is 2.27. The van der Waals surface area contributed by atoms with Crippen molar-refractivity contribution in [3.05, 3.63) is 87.6 Å². The van der Waals surface area contributed by atoms with Crippen molar-refractivity contribution in [3.8, 4) is 5.69 Å². The minimum Gasteiger partial charge on any atom is -0.318 e. The van der Waals surface area contributed by atoms with Crippen LogP contribution in [-0.2, 0) is 11.2 Å². The Balaban J connectivity index is 1.68. The molecule has 1 fully saturated rings. The molecular weight excluding hydrogens is 390 g/mol. The van der Waals surface area contributed by atoms with Crippen LogP contribution < -0.4 is 5.32 Å². The Bertz CT molecular complexity index is 1190. The van der Waals surface area contributed by atoms with E-state index < -0.39 is 0 Å². The van der Waals surface area contributed by atoms with Crippen LogP contribution in [0.4, 0.5) is 5.69 Å². The van der Waals surface area contributed by atoms with Crippen molar-refractivity contribution in [2.24, 2.45) is 4.99 Å². The van der Waals surface area contributed by atoms with Gasteiger partial charge in [-0.2, -0.15) is 0 Å². The highest BCUT2D eigenvalue weighted by molar-refractivity contribution is 8.18. The fourth-order valence-corrected chi connectivity index (χ4v) is 4.58. The Kier molecular flexibility index (Phi) is 5.64. The van der Waals surface area contributed by atoms with E-state index >= 15 is 0 Å². The zero-order valence-corrected chi connectivity index (χ0v) is 18.5. The normalized spacial score (nSPS) is 16.5. The van der Waals surface area contributed by atoms with Gasteiger partial charge >= 0.3 is 0 Å². The Morgan fingerprint density at radius 2 is 1.80 bits per heavy atom. The van der Waals surface area contributed by atoms with Crippen LogP contribution in [0.1, 0.15) is 35.0 Å². The number of thioether (sulfide) groups is 1. The van der Waals surface area contributed by atoms with Crippen molar-refractivity contribution in [3.63, 3.8) is 0 Å². The van der Waals surface area contributed by atoms with Crippen LogP contribution in [0.25, 0.3) is 11.8 Å². The SMILES string of the molecule is CCc1ccccc1-n1c(C)cc(/C=C2\SC(=Nc3ccccc3C)NC2=O)c1C. The van der Waals surface area contributed by atoms with Crippen LogP contribution in [0, 0.1) is 20.8 Å². The van der Waals surface area contributed by atoms with Crippen molar-refractivity contribution in [2.45, 2.75) is 34.1 Å². The van der Waals surface area contributed by atoms with Gasteiger partial charge in [-0.3, -0.25) is 4.79 Å². The number of aromatic nitrogens is 1. The monoisotopic (exact) mass is 415 g/mol. The molecule has 2 heterocycles. The van der Waals surface area contributed by atoms with E-state index in [9.17, 15) is 4.79 Å². The molecule has 1 N–H and O–H groups in total. The van der Waals surface area contributed by atoms with E-state index in [0.29, 0.717) is 10.1 Å². The number of carbonyl (C=O) groups excluding carboxylic acids is 1. The van der Waals surface area contributed by atoms with Crippen molar-refractivity contribution in [1.82, 2.24) is 9.88 Å². The zero-order valence-electron chi connectivity index (χ0n) is 17.7. The molecule has 0 unspecified atom stereocenters. The lowest BCUT2D eigenvalue weighted by molar-refractivity contribution is -0.115. The highest BCUT2D eigenvalue weighted by Crippen LogP contribution is 2.31. The fourth-order valence-electron chi connectivity index (χ4n) is 3.75. The molecule has 4 rings (SSSR count). The Morgan fingerprint density at radius 3 is 2.57 bits per heavy atom. The maximum Gasteiger partial charge on any atom is 0.264 e. The Hall–Kier alpha value is -3.05. The minimum absolute atomic E-state index is 0.105. The lowest BCUT2D eigenvalue weighted by Gasteiger charge is -2.14. The van der Waals surface area contributed by atoms with Crippen molar-refractivity contribution < 1.29 is 4.79 Å². The standard InChI is InChI=1S/C25H25N3OS/c1-5-19-11-7-9-13-22(19)28-17(3)14-20(18(28)4)15-23-24(29)27-25(30-23)26-21-12-8-6-10-16(21)2/h6-15H,5H2,1-4H3,(H,26,27,29)/b23-15-. The predicted molar refractivity (Wildman–Crippen MR) is 127 cm³/mol. The molecule has 0 radical (unpaired) electrons. The summed E-state index contributed by atoms with van der Waals surface area (Å²) in [6, 6.07) is 18.5. The molecule has 3 aromatic rings. The van der Waals surface area contributed by atoms with Crippen LogP contribution >= 0.6 is 11.8 Å². The molecule has 5 heteroatoms. The van der Waals surface area contributed by atoms with Crippen LogP contribution in [0.3, 0.4) is 0 Å². The Labute approximate surface area is 181 Å². The summed E-state index contributed by atoms with van der Waals surface area (Å²) in [6.45, 7) is 8.39. The number of hydrogen-bond donors (Lipinski definition) is 1. The predicted octanol–water partition coefficient (Wildman–Crippen LogP) is 5.86. The zero-order chi connectivity index (χ0) is 21.3. The number of amides is 1. The second-order valence-electron chi connectivity index (χ2n) is 7.41. The first-order valence-corrected chi connectivity index (χ1v) is 10.9. The van der Waals surface area contributed by atoms with Crippen LogP contribution in [0.15, 0.2) is 64.5 Å². The number of nitrogens with zero attached hydrogens (tertiary/aromatic N) is 2. The number of benzene rings is 2.